The van der Waals surface area contributed by atoms with Crippen molar-refractivity contribution in [1.82, 2.24) is 4.90 Å². The third-order valence-corrected chi connectivity index (χ3v) is 3.46. The molecule has 6 nitrogen and oxygen atoms in total. The Balaban J connectivity index is 2.25. The van der Waals surface area contributed by atoms with E-state index in [9.17, 15) is 27.6 Å². The smallest absolute Gasteiger partial charge is 0.406 e. The molecule has 2 heterocycles. The van der Waals surface area contributed by atoms with Crippen LogP contribution in [0.4, 0.5) is 13.2 Å². The lowest BCUT2D eigenvalue weighted by Gasteiger charge is -2.27. The summed E-state index contributed by atoms with van der Waals surface area (Å²) >= 11 is 0. The monoisotopic (exact) mass is 305 g/mol. The van der Waals surface area contributed by atoms with Crippen LogP contribution in [0.3, 0.4) is 0 Å². The fourth-order valence-corrected chi connectivity index (χ4v) is 2.17. The lowest BCUT2D eigenvalue weighted by Crippen LogP contribution is -2.47. The van der Waals surface area contributed by atoms with Crippen molar-refractivity contribution in [3.63, 3.8) is 0 Å². The van der Waals surface area contributed by atoms with E-state index < -0.39 is 42.1 Å². The van der Waals surface area contributed by atoms with Gasteiger partial charge in [-0.1, -0.05) is 0 Å². The topological polar surface area (TPSA) is 87.8 Å². The zero-order valence-electron chi connectivity index (χ0n) is 10.5. The van der Waals surface area contributed by atoms with E-state index in [0.717, 1.165) is 23.3 Å². The number of nitrogens with zero attached hydrogens (tertiary/aromatic N) is 1. The van der Waals surface area contributed by atoms with E-state index >= 15 is 0 Å². The van der Waals surface area contributed by atoms with Gasteiger partial charge < -0.3 is 14.4 Å². The molecule has 1 N–H and O–H groups in total. The number of carboxylic acid groups (broad SMARTS) is 1. The fourth-order valence-electron chi connectivity index (χ4n) is 2.17. The van der Waals surface area contributed by atoms with Gasteiger partial charge in [0.05, 0.1) is 5.56 Å². The van der Waals surface area contributed by atoms with Crippen molar-refractivity contribution in [2.75, 3.05) is 13.1 Å². The van der Waals surface area contributed by atoms with Crippen LogP contribution in [0.15, 0.2) is 27.6 Å². The van der Waals surface area contributed by atoms with Crippen LogP contribution in [0.25, 0.3) is 0 Å². The molecule has 1 saturated heterocycles. The van der Waals surface area contributed by atoms with E-state index in [2.05, 4.69) is 4.42 Å². The molecule has 2 rings (SSSR count). The summed E-state index contributed by atoms with van der Waals surface area (Å²) in [6, 6.07) is 2.07. The van der Waals surface area contributed by atoms with Gasteiger partial charge in [-0.25, -0.2) is 4.79 Å². The minimum absolute atomic E-state index is 0.113. The molecule has 1 aromatic rings. The Morgan fingerprint density at radius 2 is 2.00 bits per heavy atom. The minimum Gasteiger partial charge on any atom is -0.481 e. The van der Waals surface area contributed by atoms with Gasteiger partial charge in [0.25, 0.3) is 5.91 Å². The molecule has 0 radical (unpaired) electrons. The average molecular weight is 305 g/mol. The summed E-state index contributed by atoms with van der Waals surface area (Å²) in [5.74, 6) is -2.82. The maximum atomic E-state index is 13.0. The molecular formula is C12H10F3NO5. The molecule has 1 aliphatic rings. The van der Waals surface area contributed by atoms with Crippen LogP contribution in [0.2, 0.25) is 0 Å². The molecule has 0 spiro atoms. The van der Waals surface area contributed by atoms with E-state index in [0.29, 0.717) is 0 Å². The largest absolute Gasteiger partial charge is 0.481 e. The zero-order valence-corrected chi connectivity index (χ0v) is 10.5. The van der Waals surface area contributed by atoms with Gasteiger partial charge in [0.1, 0.15) is 6.26 Å². The first-order valence-corrected chi connectivity index (χ1v) is 5.86. The molecule has 1 unspecified atom stereocenters. The van der Waals surface area contributed by atoms with Crippen LogP contribution in [-0.2, 0) is 4.79 Å². The van der Waals surface area contributed by atoms with E-state index in [-0.39, 0.29) is 12.1 Å². The summed E-state index contributed by atoms with van der Waals surface area (Å²) in [7, 11) is 0. The highest BCUT2D eigenvalue weighted by Gasteiger charge is 2.64. The molecule has 1 amide bonds. The Labute approximate surface area is 115 Å². The van der Waals surface area contributed by atoms with Gasteiger partial charge in [-0.05, 0) is 12.5 Å². The SMILES string of the molecule is O=C(c1ccc(=O)oc1)N1CCC(C(=O)O)(C(F)(F)F)C1. The number of likely N-dealkylation sites (tertiary alicyclic amines) is 1. The Morgan fingerprint density at radius 1 is 1.33 bits per heavy atom. The number of alkyl halides is 3. The Hall–Kier alpha value is -2.32. The predicted molar refractivity (Wildman–Crippen MR) is 61.6 cm³/mol. The quantitative estimate of drug-likeness (QED) is 0.884. The minimum atomic E-state index is -4.96. The summed E-state index contributed by atoms with van der Waals surface area (Å²) in [4.78, 5) is 34.6. The van der Waals surface area contributed by atoms with E-state index in [4.69, 9.17) is 5.11 Å². The van der Waals surface area contributed by atoms with Crippen molar-refractivity contribution in [3.8, 4) is 0 Å². The maximum Gasteiger partial charge on any atom is 0.406 e. The van der Waals surface area contributed by atoms with Crippen molar-refractivity contribution in [3.05, 3.63) is 34.4 Å². The third-order valence-electron chi connectivity index (χ3n) is 3.46. The molecular weight excluding hydrogens is 295 g/mol. The second-order valence-electron chi connectivity index (χ2n) is 4.71. The lowest BCUT2D eigenvalue weighted by atomic mass is 9.86. The van der Waals surface area contributed by atoms with Gasteiger partial charge in [-0.15, -0.1) is 0 Å². The van der Waals surface area contributed by atoms with Crippen molar-refractivity contribution < 1.29 is 32.3 Å². The first-order valence-electron chi connectivity index (χ1n) is 5.86. The highest BCUT2D eigenvalue weighted by molar-refractivity contribution is 5.94. The number of aliphatic carboxylic acids is 1. The molecule has 0 saturated carbocycles. The highest BCUT2D eigenvalue weighted by Crippen LogP contribution is 2.45. The molecule has 9 heteroatoms. The molecule has 0 aliphatic carbocycles. The van der Waals surface area contributed by atoms with Crippen molar-refractivity contribution in [2.24, 2.45) is 5.41 Å². The van der Waals surface area contributed by atoms with E-state index in [1.165, 1.54) is 0 Å². The first kappa shape index (κ1) is 15.1. The number of carbonyl (C=O) groups is 2. The van der Waals surface area contributed by atoms with Gasteiger partial charge in [-0.2, -0.15) is 13.2 Å². The Morgan fingerprint density at radius 3 is 2.43 bits per heavy atom. The molecule has 1 aliphatic heterocycles. The molecule has 1 aromatic heterocycles. The molecule has 114 valence electrons. The van der Waals surface area contributed by atoms with Gasteiger partial charge in [-0.3, -0.25) is 9.59 Å². The summed E-state index contributed by atoms with van der Waals surface area (Å²) < 4.78 is 43.4. The highest BCUT2D eigenvalue weighted by atomic mass is 19.4. The van der Waals surface area contributed by atoms with Crippen LogP contribution in [-0.4, -0.2) is 41.1 Å². The molecule has 1 fully saturated rings. The number of hydrogen-bond acceptors (Lipinski definition) is 4. The standard InChI is InChI=1S/C12H10F3NO5/c13-12(14,15)11(10(19)20)3-4-16(6-11)9(18)7-1-2-8(17)21-5-7/h1-2,5H,3-4,6H2,(H,19,20). The molecule has 0 bridgehead atoms. The normalized spacial score (nSPS) is 22.3. The van der Waals surface area contributed by atoms with Crippen LogP contribution < -0.4 is 5.63 Å². The van der Waals surface area contributed by atoms with Crippen LogP contribution in [0.1, 0.15) is 16.8 Å². The maximum absolute atomic E-state index is 13.0. The van der Waals surface area contributed by atoms with Gasteiger partial charge in [0.15, 0.2) is 5.41 Å². The van der Waals surface area contributed by atoms with Gasteiger partial charge in [0, 0.05) is 19.2 Å². The van der Waals surface area contributed by atoms with Crippen LogP contribution in [0.5, 0.6) is 0 Å². The number of carboxylic acids is 1. The zero-order chi connectivity index (χ0) is 15.8. The lowest BCUT2D eigenvalue weighted by molar-refractivity contribution is -0.227. The van der Waals surface area contributed by atoms with Gasteiger partial charge in [0.2, 0.25) is 0 Å². The van der Waals surface area contributed by atoms with Crippen LogP contribution >= 0.6 is 0 Å². The predicted octanol–water partition coefficient (Wildman–Crippen LogP) is 1.12. The summed E-state index contributed by atoms with van der Waals surface area (Å²) in [6.45, 7) is -1.31. The van der Waals surface area contributed by atoms with Crippen molar-refractivity contribution in [1.29, 1.82) is 0 Å². The first-order chi connectivity index (χ1) is 9.67. The fraction of sp³-hybridized carbons (Fsp3) is 0.417. The Kier molecular flexibility index (Phi) is 3.52. The number of amides is 1. The number of hydrogen-bond donors (Lipinski definition) is 1. The van der Waals surface area contributed by atoms with Crippen LogP contribution in [0, 0.1) is 5.41 Å². The Bertz CT molecular complexity index is 618. The second kappa shape index (κ2) is 4.90. The number of rotatable bonds is 2. The van der Waals surface area contributed by atoms with Crippen molar-refractivity contribution in [2.45, 2.75) is 12.6 Å². The van der Waals surface area contributed by atoms with E-state index in [1.807, 2.05) is 0 Å². The molecule has 21 heavy (non-hydrogen) atoms. The number of halogens is 3. The summed E-state index contributed by atoms with van der Waals surface area (Å²) in [5.41, 5.74) is -3.78. The second-order valence-corrected chi connectivity index (χ2v) is 4.71. The van der Waals surface area contributed by atoms with Gasteiger partial charge >= 0.3 is 17.8 Å². The average Bonchev–Trinajstić information content (AvgIpc) is 2.84. The third kappa shape index (κ3) is 2.50. The molecule has 1 atom stereocenters. The number of carbonyl (C=O) groups excluding carboxylic acids is 1. The van der Waals surface area contributed by atoms with Crippen molar-refractivity contribution >= 4 is 11.9 Å². The van der Waals surface area contributed by atoms with E-state index in [1.54, 1.807) is 0 Å². The summed E-state index contributed by atoms with van der Waals surface area (Å²) in [5, 5.41) is 8.89. The summed E-state index contributed by atoms with van der Waals surface area (Å²) in [6.07, 6.45) is -4.84. The molecule has 0 aromatic carbocycles.